The number of imidazole rings is 1. The van der Waals surface area contributed by atoms with Gasteiger partial charge in [0.2, 0.25) is 11.8 Å². The summed E-state index contributed by atoms with van der Waals surface area (Å²) >= 11 is 0. The molecule has 2 unspecified atom stereocenters. The predicted molar refractivity (Wildman–Crippen MR) is 121 cm³/mol. The van der Waals surface area contributed by atoms with Crippen molar-refractivity contribution >= 4 is 27.8 Å². The van der Waals surface area contributed by atoms with Gasteiger partial charge in [-0.1, -0.05) is 6.07 Å². The molecule has 2 atom stereocenters. The quantitative estimate of drug-likeness (QED) is 0.523. The monoisotopic (exact) mass is 430 g/mol. The van der Waals surface area contributed by atoms with E-state index in [1.54, 1.807) is 0 Å². The van der Waals surface area contributed by atoms with Gasteiger partial charge in [0, 0.05) is 42.9 Å². The maximum atomic E-state index is 11.7. The van der Waals surface area contributed by atoms with Crippen LogP contribution in [-0.4, -0.2) is 42.9 Å². The van der Waals surface area contributed by atoms with Crippen LogP contribution < -0.4 is 10.1 Å². The molecule has 1 N–H and O–H groups in total. The Balaban J connectivity index is 1.45. The lowest BCUT2D eigenvalue weighted by molar-refractivity contribution is -0.119. The number of amides is 1. The van der Waals surface area contributed by atoms with Crippen LogP contribution in [0.2, 0.25) is 0 Å². The van der Waals surface area contributed by atoms with E-state index >= 15 is 0 Å². The van der Waals surface area contributed by atoms with Crippen molar-refractivity contribution in [3.05, 3.63) is 36.3 Å². The lowest BCUT2D eigenvalue weighted by Crippen LogP contribution is -2.26. The minimum absolute atomic E-state index is 0.0838. The number of pyridine rings is 1. The van der Waals surface area contributed by atoms with Crippen molar-refractivity contribution in [3.63, 3.8) is 0 Å². The average molecular weight is 431 g/mol. The minimum atomic E-state index is -0.134. The van der Waals surface area contributed by atoms with Crippen LogP contribution in [0.4, 0.5) is 0 Å². The van der Waals surface area contributed by atoms with E-state index in [-0.39, 0.29) is 17.9 Å². The molecule has 8 nitrogen and oxygen atoms in total. The average Bonchev–Trinajstić information content (AvgIpc) is 3.26. The Morgan fingerprint density at radius 2 is 2.09 bits per heavy atom. The van der Waals surface area contributed by atoms with Crippen LogP contribution in [0.1, 0.15) is 37.9 Å². The van der Waals surface area contributed by atoms with E-state index in [1.165, 1.54) is 0 Å². The molecule has 6 rings (SSSR count). The fourth-order valence-electron chi connectivity index (χ4n) is 4.72. The second-order valence-corrected chi connectivity index (χ2v) is 9.10. The number of nitrogens with one attached hydrogen (secondary N) is 1. The number of rotatable bonds is 5. The summed E-state index contributed by atoms with van der Waals surface area (Å²) in [6.45, 7) is 4.68. The fraction of sp³-hybridized carbons (Fsp3) is 0.417. The highest BCUT2D eigenvalue weighted by Gasteiger charge is 2.31. The lowest BCUT2D eigenvalue weighted by Gasteiger charge is -2.20. The van der Waals surface area contributed by atoms with Gasteiger partial charge in [-0.25, -0.2) is 9.97 Å². The molecule has 3 aromatic heterocycles. The summed E-state index contributed by atoms with van der Waals surface area (Å²) in [6.07, 6.45) is 4.56. The molecule has 1 aromatic carbocycles. The van der Waals surface area contributed by atoms with Gasteiger partial charge < -0.3 is 14.6 Å². The molecule has 0 radical (unpaired) electrons. The number of nitrogens with zero attached hydrogens (tertiary/aromatic N) is 5. The Bertz CT molecular complexity index is 1370. The molecule has 4 heterocycles. The molecular weight excluding hydrogens is 404 g/mol. The van der Waals surface area contributed by atoms with Crippen molar-refractivity contribution in [2.45, 2.75) is 45.3 Å². The second-order valence-electron chi connectivity index (χ2n) is 9.10. The zero-order chi connectivity index (χ0) is 22.0. The maximum absolute atomic E-state index is 11.7. The molecule has 164 valence electrons. The molecule has 32 heavy (non-hydrogen) atoms. The van der Waals surface area contributed by atoms with Crippen LogP contribution in [0, 0.1) is 12.8 Å². The minimum Gasteiger partial charge on any atom is -0.473 e. The summed E-state index contributed by atoms with van der Waals surface area (Å²) in [7, 11) is 1.96. The van der Waals surface area contributed by atoms with Crippen LogP contribution in [0.15, 0.2) is 30.6 Å². The first kappa shape index (κ1) is 19.3. The molecule has 1 aliphatic heterocycles. The Labute approximate surface area is 185 Å². The highest BCUT2D eigenvalue weighted by atomic mass is 16.5. The van der Waals surface area contributed by atoms with Crippen molar-refractivity contribution in [1.82, 2.24) is 29.6 Å². The van der Waals surface area contributed by atoms with E-state index in [2.05, 4.69) is 38.2 Å². The highest BCUT2D eigenvalue weighted by Crippen LogP contribution is 2.40. The molecule has 4 aromatic rings. The zero-order valence-corrected chi connectivity index (χ0v) is 18.5. The number of hydrogen-bond donors (Lipinski definition) is 1. The number of carbonyl (C=O) groups is 1. The Morgan fingerprint density at radius 3 is 2.84 bits per heavy atom. The second kappa shape index (κ2) is 7.05. The van der Waals surface area contributed by atoms with Crippen LogP contribution in [0.5, 0.6) is 5.88 Å². The van der Waals surface area contributed by atoms with Crippen molar-refractivity contribution in [1.29, 1.82) is 0 Å². The van der Waals surface area contributed by atoms with Gasteiger partial charge in [-0.2, -0.15) is 5.10 Å². The lowest BCUT2D eigenvalue weighted by atomic mass is 10.0. The van der Waals surface area contributed by atoms with Gasteiger partial charge in [0.1, 0.15) is 11.6 Å². The maximum Gasteiger partial charge on any atom is 0.241 e. The number of hydrogen-bond acceptors (Lipinski definition) is 5. The smallest absolute Gasteiger partial charge is 0.241 e. The van der Waals surface area contributed by atoms with Gasteiger partial charge >= 0.3 is 0 Å². The first-order valence-electron chi connectivity index (χ1n) is 11.2. The Hall–Kier alpha value is -3.42. The molecule has 1 saturated carbocycles. The number of aryl methyl sites for hydroxylation is 2. The van der Waals surface area contributed by atoms with Crippen molar-refractivity contribution in [2.24, 2.45) is 13.0 Å². The summed E-state index contributed by atoms with van der Waals surface area (Å²) < 4.78 is 10.5. The molecule has 0 bridgehead atoms. The van der Waals surface area contributed by atoms with E-state index in [0.717, 1.165) is 51.7 Å². The standard InChI is InChI=1S/C24H26N6O2/c1-13-18-8-15(4-7-21(18)29(3)28-13)19-10-20-23(30(12-26-20)17-5-6-17)24(27-19)32-14(2)16-9-22(31)25-11-16/h4,7-8,10,12,14,16-17H,5-6,9,11H2,1-3H3,(H,25,31). The zero-order valence-electron chi connectivity index (χ0n) is 18.5. The number of aromatic nitrogens is 5. The van der Waals surface area contributed by atoms with Gasteiger partial charge in [-0.3, -0.25) is 9.48 Å². The molecular formula is C24H26N6O2. The van der Waals surface area contributed by atoms with Gasteiger partial charge in [-0.15, -0.1) is 0 Å². The van der Waals surface area contributed by atoms with Crippen molar-refractivity contribution < 1.29 is 9.53 Å². The van der Waals surface area contributed by atoms with E-state index < -0.39 is 0 Å². The third-order valence-electron chi connectivity index (χ3n) is 6.76. The molecule has 0 spiro atoms. The topological polar surface area (TPSA) is 86.9 Å². The predicted octanol–water partition coefficient (Wildman–Crippen LogP) is 3.53. The summed E-state index contributed by atoms with van der Waals surface area (Å²) in [5.74, 6) is 0.812. The third kappa shape index (κ3) is 3.13. The summed E-state index contributed by atoms with van der Waals surface area (Å²) in [5, 5.41) is 8.55. The largest absolute Gasteiger partial charge is 0.473 e. The van der Waals surface area contributed by atoms with E-state index in [9.17, 15) is 4.79 Å². The first-order chi connectivity index (χ1) is 15.5. The Morgan fingerprint density at radius 1 is 1.25 bits per heavy atom. The molecule has 1 aliphatic carbocycles. The van der Waals surface area contributed by atoms with E-state index in [4.69, 9.17) is 9.72 Å². The molecule has 2 fully saturated rings. The molecule has 2 aliphatic rings. The normalized spacial score (nSPS) is 19.6. The van der Waals surface area contributed by atoms with Crippen LogP contribution >= 0.6 is 0 Å². The number of benzene rings is 1. The van der Waals surface area contributed by atoms with Crippen LogP contribution in [0.25, 0.3) is 33.2 Å². The number of carbonyl (C=O) groups excluding carboxylic acids is 1. The molecule has 8 heteroatoms. The van der Waals surface area contributed by atoms with E-state index in [0.29, 0.717) is 24.9 Å². The highest BCUT2D eigenvalue weighted by molar-refractivity contribution is 5.89. The summed E-state index contributed by atoms with van der Waals surface area (Å²) in [6, 6.07) is 8.80. The number of ether oxygens (including phenoxy) is 1. The van der Waals surface area contributed by atoms with Crippen molar-refractivity contribution in [2.75, 3.05) is 6.54 Å². The summed E-state index contributed by atoms with van der Waals surface area (Å²) in [4.78, 5) is 21.4. The Kier molecular flexibility index (Phi) is 4.25. The third-order valence-corrected chi connectivity index (χ3v) is 6.76. The van der Waals surface area contributed by atoms with Gasteiger partial charge in [0.15, 0.2) is 0 Å². The fourth-order valence-corrected chi connectivity index (χ4v) is 4.72. The van der Waals surface area contributed by atoms with Crippen molar-refractivity contribution in [3.8, 4) is 17.1 Å². The SMILES string of the molecule is Cc1nn(C)c2ccc(-c3cc4ncn(C5CC5)c4c(OC(C)C4CNC(=O)C4)n3)cc12. The van der Waals surface area contributed by atoms with Gasteiger partial charge in [-0.05, 0) is 44.9 Å². The van der Waals surface area contributed by atoms with Crippen LogP contribution in [0.3, 0.4) is 0 Å². The van der Waals surface area contributed by atoms with Crippen LogP contribution in [-0.2, 0) is 11.8 Å². The van der Waals surface area contributed by atoms with E-state index in [1.807, 2.05) is 38.0 Å². The summed E-state index contributed by atoms with van der Waals surface area (Å²) in [5.41, 5.74) is 5.74. The number of fused-ring (bicyclic) bond motifs is 2. The molecule has 1 amide bonds. The van der Waals surface area contributed by atoms with Gasteiger partial charge in [0.25, 0.3) is 0 Å². The van der Waals surface area contributed by atoms with Gasteiger partial charge in [0.05, 0.1) is 28.7 Å². The molecule has 1 saturated heterocycles. The first-order valence-corrected chi connectivity index (χ1v) is 11.2.